The monoisotopic (exact) mass is 225 g/mol. The van der Waals surface area contributed by atoms with E-state index in [1.165, 1.54) is 0 Å². The van der Waals surface area contributed by atoms with Gasteiger partial charge >= 0.3 is 0 Å². The van der Waals surface area contributed by atoms with E-state index in [0.717, 1.165) is 5.82 Å². The van der Waals surface area contributed by atoms with Crippen LogP contribution in [-0.4, -0.2) is 15.7 Å². The molecule has 0 aliphatic carbocycles. The predicted molar refractivity (Wildman–Crippen MR) is 64.3 cm³/mol. The van der Waals surface area contributed by atoms with Gasteiger partial charge in [-0.05, 0) is 27.7 Å². The zero-order chi connectivity index (χ0) is 12.8. The quantitative estimate of drug-likeness (QED) is 0.839. The topological polar surface area (TPSA) is 64.9 Å². The summed E-state index contributed by atoms with van der Waals surface area (Å²) in [6.07, 6.45) is 0. The molecule has 4 heteroatoms. The Bertz CT molecular complexity index is 366. The molecule has 1 heterocycles. The van der Waals surface area contributed by atoms with Crippen LogP contribution in [0.3, 0.4) is 0 Å². The van der Waals surface area contributed by atoms with Crippen molar-refractivity contribution in [1.29, 1.82) is 0 Å². The molecule has 0 spiro atoms. The van der Waals surface area contributed by atoms with Crippen LogP contribution < -0.4 is 5.73 Å². The lowest BCUT2D eigenvalue weighted by Gasteiger charge is -2.34. The lowest BCUT2D eigenvalue weighted by atomic mass is 9.75. The molecular formula is C12H23N3O. The molecule has 0 aliphatic rings. The van der Waals surface area contributed by atoms with Crippen molar-refractivity contribution in [3.8, 4) is 0 Å². The molecule has 92 valence electrons. The van der Waals surface area contributed by atoms with Crippen LogP contribution >= 0.6 is 0 Å². The molecule has 1 aromatic heterocycles. The maximum Gasteiger partial charge on any atom is 0.234 e. The fourth-order valence-corrected chi connectivity index (χ4v) is 1.06. The first-order valence-electron chi connectivity index (χ1n) is 5.60. The number of hydrogen-bond acceptors (Lipinski definition) is 4. The van der Waals surface area contributed by atoms with Crippen molar-refractivity contribution in [3.63, 3.8) is 0 Å². The average Bonchev–Trinajstić information content (AvgIpc) is 2.47. The summed E-state index contributed by atoms with van der Waals surface area (Å²) in [5.74, 6) is 1.32. The van der Waals surface area contributed by atoms with Gasteiger partial charge in [-0.2, -0.15) is 4.98 Å². The van der Waals surface area contributed by atoms with Crippen LogP contribution in [0.1, 0.15) is 60.2 Å². The minimum Gasteiger partial charge on any atom is -0.339 e. The van der Waals surface area contributed by atoms with Crippen LogP contribution in [0.15, 0.2) is 4.52 Å². The summed E-state index contributed by atoms with van der Waals surface area (Å²) in [6, 6.07) is 0. The van der Waals surface area contributed by atoms with Gasteiger partial charge < -0.3 is 10.3 Å². The van der Waals surface area contributed by atoms with Gasteiger partial charge in [-0.25, -0.2) is 0 Å². The summed E-state index contributed by atoms with van der Waals surface area (Å²) in [4.78, 5) is 4.46. The molecule has 4 nitrogen and oxygen atoms in total. The third kappa shape index (κ3) is 2.26. The summed E-state index contributed by atoms with van der Waals surface area (Å²) in [5, 5.41) is 4.03. The molecule has 0 aromatic carbocycles. The molecule has 1 aromatic rings. The van der Waals surface area contributed by atoms with E-state index in [9.17, 15) is 0 Å². The first-order chi connectivity index (χ1) is 6.96. The maximum absolute atomic E-state index is 6.14. The van der Waals surface area contributed by atoms with E-state index >= 15 is 0 Å². The van der Waals surface area contributed by atoms with Gasteiger partial charge in [0, 0.05) is 11.0 Å². The number of rotatable bonds is 2. The van der Waals surface area contributed by atoms with Crippen LogP contribution in [0, 0.1) is 0 Å². The van der Waals surface area contributed by atoms with E-state index in [0.29, 0.717) is 5.89 Å². The van der Waals surface area contributed by atoms with Gasteiger partial charge in [0.05, 0.1) is 5.41 Å². The van der Waals surface area contributed by atoms with Crippen LogP contribution in [0.25, 0.3) is 0 Å². The summed E-state index contributed by atoms with van der Waals surface area (Å²) in [6.45, 7) is 14.1. The fourth-order valence-electron chi connectivity index (χ4n) is 1.06. The summed E-state index contributed by atoms with van der Waals surface area (Å²) >= 11 is 0. The molecule has 0 fully saturated rings. The van der Waals surface area contributed by atoms with Crippen LogP contribution in [0.4, 0.5) is 0 Å². The van der Waals surface area contributed by atoms with Crippen molar-refractivity contribution in [1.82, 2.24) is 10.1 Å². The second-order valence-electron chi connectivity index (χ2n) is 6.52. The van der Waals surface area contributed by atoms with Gasteiger partial charge in [0.1, 0.15) is 0 Å². The van der Waals surface area contributed by atoms with E-state index in [4.69, 9.17) is 10.3 Å². The molecule has 1 rings (SSSR count). The number of nitrogens with zero attached hydrogens (tertiary/aromatic N) is 2. The smallest absolute Gasteiger partial charge is 0.234 e. The lowest BCUT2D eigenvalue weighted by molar-refractivity contribution is 0.222. The highest BCUT2D eigenvalue weighted by Crippen LogP contribution is 2.32. The van der Waals surface area contributed by atoms with Crippen LogP contribution in [0.5, 0.6) is 0 Å². The van der Waals surface area contributed by atoms with Gasteiger partial charge in [0.2, 0.25) is 5.89 Å². The molecule has 0 saturated carbocycles. The zero-order valence-electron chi connectivity index (χ0n) is 11.4. The highest BCUT2D eigenvalue weighted by Gasteiger charge is 2.40. The zero-order valence-corrected chi connectivity index (χ0v) is 11.4. The second-order valence-corrected chi connectivity index (χ2v) is 6.52. The Morgan fingerprint density at radius 3 is 1.81 bits per heavy atom. The molecule has 0 unspecified atom stereocenters. The van der Waals surface area contributed by atoms with Gasteiger partial charge in [-0.3, -0.25) is 0 Å². The van der Waals surface area contributed by atoms with Crippen LogP contribution in [0.2, 0.25) is 0 Å². The molecule has 0 atom stereocenters. The van der Waals surface area contributed by atoms with Gasteiger partial charge in [-0.15, -0.1) is 0 Å². The Morgan fingerprint density at radius 2 is 1.50 bits per heavy atom. The molecule has 0 aliphatic heterocycles. The van der Waals surface area contributed by atoms with Gasteiger partial charge in [0.15, 0.2) is 5.82 Å². The highest BCUT2D eigenvalue weighted by molar-refractivity contribution is 5.12. The Morgan fingerprint density at radius 1 is 1.00 bits per heavy atom. The van der Waals surface area contributed by atoms with Crippen molar-refractivity contribution in [3.05, 3.63) is 11.7 Å². The Kier molecular flexibility index (Phi) is 2.92. The van der Waals surface area contributed by atoms with Crippen molar-refractivity contribution < 1.29 is 4.52 Å². The van der Waals surface area contributed by atoms with Crippen molar-refractivity contribution >= 4 is 0 Å². The van der Waals surface area contributed by atoms with Crippen molar-refractivity contribution in [2.45, 2.75) is 64.8 Å². The van der Waals surface area contributed by atoms with Crippen molar-refractivity contribution in [2.24, 2.45) is 5.73 Å². The molecule has 0 amide bonds. The lowest BCUT2D eigenvalue weighted by Crippen LogP contribution is -2.50. The van der Waals surface area contributed by atoms with Crippen LogP contribution in [-0.2, 0) is 10.8 Å². The Hall–Kier alpha value is -0.900. The highest BCUT2D eigenvalue weighted by atomic mass is 16.5. The van der Waals surface area contributed by atoms with E-state index in [1.807, 2.05) is 27.7 Å². The summed E-state index contributed by atoms with van der Waals surface area (Å²) < 4.78 is 5.34. The Labute approximate surface area is 97.6 Å². The predicted octanol–water partition coefficient (Wildman–Crippen LogP) is 2.38. The second kappa shape index (κ2) is 3.55. The molecular weight excluding hydrogens is 202 g/mol. The van der Waals surface area contributed by atoms with Crippen molar-refractivity contribution in [2.75, 3.05) is 0 Å². The third-order valence-corrected chi connectivity index (χ3v) is 3.24. The maximum atomic E-state index is 6.14. The van der Waals surface area contributed by atoms with Gasteiger partial charge in [-0.1, -0.05) is 25.9 Å². The van der Waals surface area contributed by atoms with Gasteiger partial charge in [0.25, 0.3) is 0 Å². The third-order valence-electron chi connectivity index (χ3n) is 3.24. The summed E-state index contributed by atoms with van der Waals surface area (Å²) in [7, 11) is 0. The SMILES string of the molecule is CC(C)(C)c1noc(C(C)(C)C(C)(C)N)n1. The number of nitrogens with two attached hydrogens (primary N) is 1. The normalized spacial score (nSPS) is 14.2. The largest absolute Gasteiger partial charge is 0.339 e. The standard InChI is InChI=1S/C12H23N3O/c1-10(2,3)8-14-9(16-15-8)11(4,5)12(6,7)13/h13H2,1-7H3. The average molecular weight is 225 g/mol. The first kappa shape index (κ1) is 13.2. The molecule has 16 heavy (non-hydrogen) atoms. The minimum absolute atomic E-state index is 0.101. The first-order valence-corrected chi connectivity index (χ1v) is 5.60. The number of hydrogen-bond donors (Lipinski definition) is 1. The molecule has 0 saturated heterocycles. The molecule has 0 bridgehead atoms. The number of aromatic nitrogens is 2. The Balaban J connectivity index is 3.13. The van der Waals surface area contributed by atoms with E-state index < -0.39 is 5.54 Å². The molecule has 0 radical (unpaired) electrons. The fraction of sp³-hybridized carbons (Fsp3) is 0.833. The van der Waals surface area contributed by atoms with E-state index in [2.05, 4.69) is 30.9 Å². The van der Waals surface area contributed by atoms with E-state index in [-0.39, 0.29) is 10.8 Å². The molecule has 2 N–H and O–H groups in total. The van der Waals surface area contributed by atoms with E-state index in [1.54, 1.807) is 0 Å². The summed E-state index contributed by atoms with van der Waals surface area (Å²) in [5.41, 5.74) is 5.28. The minimum atomic E-state index is -0.408.